The summed E-state index contributed by atoms with van der Waals surface area (Å²) in [7, 11) is 0. The third-order valence-electron chi connectivity index (χ3n) is 7.79. The Balaban J connectivity index is 1.42. The highest BCUT2D eigenvalue weighted by molar-refractivity contribution is 5.89. The molecule has 0 heterocycles. The Labute approximate surface area is 188 Å². The molecule has 0 bridgehead atoms. The van der Waals surface area contributed by atoms with Crippen LogP contribution in [0, 0.1) is 23.6 Å². The molecule has 4 atom stereocenters. The minimum atomic E-state index is -4.84. The number of hydrogen-bond donors (Lipinski definition) is 0. The number of halogens is 4. The zero-order valence-electron chi connectivity index (χ0n) is 18.9. The normalized spacial score (nSPS) is 26.2. The maximum absolute atomic E-state index is 14.0. The van der Waals surface area contributed by atoms with E-state index < -0.39 is 17.9 Å². The summed E-state index contributed by atoms with van der Waals surface area (Å²) in [5, 5.41) is 0.768. The Hall–Kier alpha value is -1.78. The Kier molecular flexibility index (Phi) is 7.31. The van der Waals surface area contributed by atoms with Gasteiger partial charge in [-0.25, -0.2) is 4.39 Å². The minimum Gasteiger partial charge on any atom is -0.405 e. The Morgan fingerprint density at radius 3 is 2.47 bits per heavy atom. The van der Waals surface area contributed by atoms with Gasteiger partial charge in [0, 0.05) is 11.5 Å². The maximum atomic E-state index is 14.0. The molecule has 2 fully saturated rings. The molecular formula is C27H34F4O. The Bertz CT molecular complexity index is 906. The van der Waals surface area contributed by atoms with Crippen molar-refractivity contribution in [3.63, 3.8) is 0 Å². The number of fused-ring (bicyclic) bond motifs is 2. The lowest BCUT2D eigenvalue weighted by atomic mass is 9.63. The molecule has 2 aliphatic carbocycles. The van der Waals surface area contributed by atoms with E-state index in [0.717, 1.165) is 42.2 Å². The molecule has 4 rings (SSSR count). The summed E-state index contributed by atoms with van der Waals surface area (Å²) in [6.45, 7) is 2.25. The topological polar surface area (TPSA) is 9.23 Å². The van der Waals surface area contributed by atoms with E-state index >= 15 is 0 Å². The standard InChI is InChI=1S/C27H34F4O/c1-2-3-4-5-6-18-7-8-20-14-21(10-9-19(20)13-18)22-11-12-25-23(15-22)16-24(28)17-26(25)32-27(29,30)31/h11-12,15-21H,2-10,13-14H2,1H3. The molecule has 0 radical (unpaired) electrons. The van der Waals surface area contributed by atoms with Crippen molar-refractivity contribution >= 4 is 10.8 Å². The van der Waals surface area contributed by atoms with Gasteiger partial charge < -0.3 is 4.74 Å². The summed E-state index contributed by atoms with van der Waals surface area (Å²) in [4.78, 5) is 0. The van der Waals surface area contributed by atoms with Crippen molar-refractivity contribution in [1.29, 1.82) is 0 Å². The van der Waals surface area contributed by atoms with Crippen molar-refractivity contribution in [2.75, 3.05) is 0 Å². The quantitative estimate of drug-likeness (QED) is 0.302. The second-order valence-corrected chi connectivity index (χ2v) is 9.99. The van der Waals surface area contributed by atoms with Crippen LogP contribution >= 0.6 is 0 Å². The number of hydrogen-bond acceptors (Lipinski definition) is 1. The first kappa shape index (κ1) is 23.4. The molecule has 32 heavy (non-hydrogen) atoms. The Morgan fingerprint density at radius 1 is 0.906 bits per heavy atom. The summed E-state index contributed by atoms with van der Waals surface area (Å²) in [6.07, 6.45) is 9.37. The van der Waals surface area contributed by atoms with Gasteiger partial charge in [0.1, 0.15) is 11.6 Å². The van der Waals surface area contributed by atoms with Crippen LogP contribution in [0.15, 0.2) is 30.3 Å². The fourth-order valence-corrected chi connectivity index (χ4v) is 6.19. The van der Waals surface area contributed by atoms with Gasteiger partial charge in [0.25, 0.3) is 0 Å². The smallest absolute Gasteiger partial charge is 0.405 e. The molecule has 2 saturated carbocycles. The van der Waals surface area contributed by atoms with Gasteiger partial charge >= 0.3 is 6.36 Å². The SMILES string of the molecule is CCCCCCC1CCC2CC(c3ccc4c(OC(F)(F)F)cc(F)cc4c3)CCC2C1. The van der Waals surface area contributed by atoms with Crippen molar-refractivity contribution in [3.8, 4) is 5.75 Å². The first-order valence-electron chi connectivity index (χ1n) is 12.3. The van der Waals surface area contributed by atoms with Crippen LogP contribution in [0.4, 0.5) is 17.6 Å². The molecule has 1 nitrogen and oxygen atoms in total. The van der Waals surface area contributed by atoms with Gasteiger partial charge in [-0.1, -0.05) is 63.6 Å². The van der Waals surface area contributed by atoms with Crippen molar-refractivity contribution in [2.45, 2.75) is 89.8 Å². The van der Waals surface area contributed by atoms with Crippen LogP contribution in [-0.4, -0.2) is 6.36 Å². The van der Waals surface area contributed by atoms with Gasteiger partial charge in [0.05, 0.1) is 0 Å². The zero-order valence-corrected chi connectivity index (χ0v) is 18.9. The van der Waals surface area contributed by atoms with Crippen LogP contribution in [0.3, 0.4) is 0 Å². The van der Waals surface area contributed by atoms with Crippen molar-refractivity contribution in [2.24, 2.45) is 17.8 Å². The second kappa shape index (κ2) is 10.0. The molecule has 0 aliphatic heterocycles. The highest BCUT2D eigenvalue weighted by Gasteiger charge is 2.36. The first-order chi connectivity index (χ1) is 15.3. The zero-order chi connectivity index (χ0) is 22.7. The molecule has 0 saturated heterocycles. The third kappa shape index (κ3) is 5.77. The number of benzene rings is 2. The number of rotatable bonds is 7. The lowest BCUT2D eigenvalue weighted by Gasteiger charge is -2.42. The number of ether oxygens (including phenoxy) is 1. The van der Waals surface area contributed by atoms with Crippen LogP contribution in [0.5, 0.6) is 5.75 Å². The van der Waals surface area contributed by atoms with E-state index in [1.54, 1.807) is 6.07 Å². The van der Waals surface area contributed by atoms with Gasteiger partial charge in [0.2, 0.25) is 0 Å². The van der Waals surface area contributed by atoms with E-state index in [4.69, 9.17) is 0 Å². The molecule has 2 aliphatic rings. The van der Waals surface area contributed by atoms with E-state index in [1.165, 1.54) is 63.9 Å². The fourth-order valence-electron chi connectivity index (χ4n) is 6.19. The highest BCUT2D eigenvalue weighted by Crippen LogP contribution is 2.49. The van der Waals surface area contributed by atoms with Crippen LogP contribution in [-0.2, 0) is 0 Å². The fraction of sp³-hybridized carbons (Fsp3) is 0.630. The van der Waals surface area contributed by atoms with Crippen LogP contribution in [0.1, 0.15) is 89.0 Å². The van der Waals surface area contributed by atoms with Gasteiger partial charge in [-0.15, -0.1) is 13.2 Å². The minimum absolute atomic E-state index is 0.296. The third-order valence-corrected chi connectivity index (χ3v) is 7.79. The van der Waals surface area contributed by atoms with E-state index in [9.17, 15) is 17.6 Å². The molecule has 0 N–H and O–H groups in total. The monoisotopic (exact) mass is 450 g/mol. The lowest BCUT2D eigenvalue weighted by molar-refractivity contribution is -0.274. The average Bonchev–Trinajstić information content (AvgIpc) is 2.74. The van der Waals surface area contributed by atoms with Crippen molar-refractivity contribution < 1.29 is 22.3 Å². The average molecular weight is 451 g/mol. The number of unbranched alkanes of at least 4 members (excludes halogenated alkanes) is 3. The van der Waals surface area contributed by atoms with Crippen LogP contribution in [0.25, 0.3) is 10.8 Å². The van der Waals surface area contributed by atoms with Gasteiger partial charge in [-0.2, -0.15) is 0 Å². The predicted molar refractivity (Wildman–Crippen MR) is 120 cm³/mol. The summed E-state index contributed by atoms with van der Waals surface area (Å²) < 4.78 is 56.2. The molecule has 0 aromatic heterocycles. The maximum Gasteiger partial charge on any atom is 0.573 e. The van der Waals surface area contributed by atoms with E-state index in [0.29, 0.717) is 16.7 Å². The molecule has 2 aromatic rings. The molecule has 4 unspecified atom stereocenters. The summed E-state index contributed by atoms with van der Waals surface area (Å²) >= 11 is 0. The van der Waals surface area contributed by atoms with Gasteiger partial charge in [-0.05, 0) is 72.8 Å². The molecule has 5 heteroatoms. The second-order valence-electron chi connectivity index (χ2n) is 9.99. The number of alkyl halides is 3. The van der Waals surface area contributed by atoms with Crippen LogP contribution in [0.2, 0.25) is 0 Å². The summed E-state index contributed by atoms with van der Waals surface area (Å²) in [5.41, 5.74) is 1.11. The summed E-state index contributed by atoms with van der Waals surface area (Å²) in [6, 6.07) is 7.54. The van der Waals surface area contributed by atoms with E-state index in [1.807, 2.05) is 12.1 Å². The van der Waals surface area contributed by atoms with Crippen LogP contribution < -0.4 is 4.74 Å². The Morgan fingerprint density at radius 2 is 1.69 bits per heavy atom. The highest BCUT2D eigenvalue weighted by atomic mass is 19.4. The van der Waals surface area contributed by atoms with Crippen molar-refractivity contribution in [3.05, 3.63) is 41.7 Å². The van der Waals surface area contributed by atoms with Gasteiger partial charge in [0.15, 0.2) is 0 Å². The van der Waals surface area contributed by atoms with Gasteiger partial charge in [-0.3, -0.25) is 0 Å². The van der Waals surface area contributed by atoms with E-state index in [2.05, 4.69) is 11.7 Å². The molecule has 2 aromatic carbocycles. The first-order valence-corrected chi connectivity index (χ1v) is 12.3. The molecule has 176 valence electrons. The summed E-state index contributed by atoms with van der Waals surface area (Å²) in [5.74, 6) is 1.67. The largest absolute Gasteiger partial charge is 0.573 e. The lowest BCUT2D eigenvalue weighted by Crippen LogP contribution is -2.30. The molecular weight excluding hydrogens is 416 g/mol. The van der Waals surface area contributed by atoms with Crippen molar-refractivity contribution in [1.82, 2.24) is 0 Å². The molecule has 0 amide bonds. The predicted octanol–water partition coefficient (Wildman–Crippen LogP) is 9.15. The molecule has 0 spiro atoms. The van der Waals surface area contributed by atoms with E-state index in [-0.39, 0.29) is 0 Å².